The number of nitro groups is 1. The first-order valence-corrected chi connectivity index (χ1v) is 6.14. The standard InChI is InChI=1S/C11H17N5O4/c1-11(2,3)20-10(17)14-5-7(6-14)15-9(12)8(4-13-15)16(18)19/h4,7H,5-6,12H2,1-3H3. The molecule has 0 aromatic carbocycles. The summed E-state index contributed by atoms with van der Waals surface area (Å²) in [5.74, 6) is 0.00355. The number of carbonyl (C=O) groups is 1. The fourth-order valence-electron chi connectivity index (χ4n) is 1.88. The molecule has 0 aliphatic carbocycles. The Kier molecular flexibility index (Phi) is 3.28. The van der Waals surface area contributed by atoms with Gasteiger partial charge in [0.1, 0.15) is 11.8 Å². The van der Waals surface area contributed by atoms with Crippen LogP contribution in [0.4, 0.5) is 16.3 Å². The summed E-state index contributed by atoms with van der Waals surface area (Å²) >= 11 is 0. The molecular weight excluding hydrogens is 266 g/mol. The van der Waals surface area contributed by atoms with Crippen LogP contribution in [0.5, 0.6) is 0 Å². The number of nitrogens with two attached hydrogens (primary N) is 1. The summed E-state index contributed by atoms with van der Waals surface area (Å²) in [6.45, 7) is 6.11. The molecule has 0 unspecified atom stereocenters. The lowest BCUT2D eigenvalue weighted by Gasteiger charge is -2.39. The van der Waals surface area contributed by atoms with Crippen molar-refractivity contribution >= 4 is 17.6 Å². The third-order valence-electron chi connectivity index (χ3n) is 2.87. The number of hydrogen-bond donors (Lipinski definition) is 1. The van der Waals surface area contributed by atoms with E-state index in [-0.39, 0.29) is 17.5 Å². The van der Waals surface area contributed by atoms with Crippen molar-refractivity contribution < 1.29 is 14.5 Å². The predicted octanol–water partition coefficient (Wildman–Crippen LogP) is 1.17. The maximum Gasteiger partial charge on any atom is 0.410 e. The molecule has 20 heavy (non-hydrogen) atoms. The second-order valence-corrected chi connectivity index (χ2v) is 5.66. The highest BCUT2D eigenvalue weighted by atomic mass is 16.6. The van der Waals surface area contributed by atoms with Crippen molar-refractivity contribution in [1.29, 1.82) is 0 Å². The van der Waals surface area contributed by atoms with Crippen LogP contribution in [0.25, 0.3) is 0 Å². The molecule has 1 aromatic rings. The van der Waals surface area contributed by atoms with E-state index in [1.807, 2.05) is 0 Å². The Morgan fingerprint density at radius 2 is 2.15 bits per heavy atom. The van der Waals surface area contributed by atoms with Gasteiger partial charge in [-0.3, -0.25) is 10.1 Å². The predicted molar refractivity (Wildman–Crippen MR) is 70.1 cm³/mol. The summed E-state index contributed by atoms with van der Waals surface area (Å²) < 4.78 is 6.59. The van der Waals surface area contributed by atoms with E-state index in [1.165, 1.54) is 9.58 Å². The molecule has 2 N–H and O–H groups in total. The number of anilines is 1. The quantitative estimate of drug-likeness (QED) is 0.643. The van der Waals surface area contributed by atoms with Crippen molar-refractivity contribution in [2.75, 3.05) is 18.8 Å². The van der Waals surface area contributed by atoms with Gasteiger partial charge >= 0.3 is 11.8 Å². The summed E-state index contributed by atoms with van der Waals surface area (Å²) in [5, 5.41) is 14.6. The minimum Gasteiger partial charge on any atom is -0.444 e. The maximum atomic E-state index is 11.8. The van der Waals surface area contributed by atoms with Crippen LogP contribution in [-0.2, 0) is 4.74 Å². The lowest BCUT2D eigenvalue weighted by molar-refractivity contribution is -0.384. The molecule has 110 valence electrons. The monoisotopic (exact) mass is 283 g/mol. The Balaban J connectivity index is 1.97. The fraction of sp³-hybridized carbons (Fsp3) is 0.636. The molecule has 0 spiro atoms. The Bertz CT molecular complexity index is 541. The van der Waals surface area contributed by atoms with Gasteiger partial charge in [0.05, 0.1) is 11.0 Å². The summed E-state index contributed by atoms with van der Waals surface area (Å²) in [6.07, 6.45) is 0.708. The number of amides is 1. The van der Waals surface area contributed by atoms with E-state index in [0.29, 0.717) is 13.1 Å². The molecule has 9 nitrogen and oxygen atoms in total. The van der Waals surface area contributed by atoms with Gasteiger partial charge in [-0.15, -0.1) is 0 Å². The van der Waals surface area contributed by atoms with Crippen molar-refractivity contribution in [2.45, 2.75) is 32.4 Å². The van der Waals surface area contributed by atoms with Gasteiger partial charge in [-0.25, -0.2) is 9.48 Å². The minimum atomic E-state index is -0.580. The van der Waals surface area contributed by atoms with E-state index in [4.69, 9.17) is 10.5 Å². The van der Waals surface area contributed by atoms with Gasteiger partial charge in [-0.2, -0.15) is 5.10 Å². The third kappa shape index (κ3) is 2.65. The highest BCUT2D eigenvalue weighted by Gasteiger charge is 2.37. The Morgan fingerprint density at radius 1 is 1.55 bits per heavy atom. The molecule has 9 heteroatoms. The fourth-order valence-corrected chi connectivity index (χ4v) is 1.88. The molecule has 0 saturated carbocycles. The van der Waals surface area contributed by atoms with E-state index in [9.17, 15) is 14.9 Å². The van der Waals surface area contributed by atoms with Crippen molar-refractivity contribution in [3.05, 3.63) is 16.3 Å². The van der Waals surface area contributed by atoms with Gasteiger partial charge in [0, 0.05) is 13.1 Å². The molecule has 2 heterocycles. The Labute approximate surface area is 115 Å². The van der Waals surface area contributed by atoms with E-state index < -0.39 is 16.6 Å². The van der Waals surface area contributed by atoms with Gasteiger partial charge < -0.3 is 15.4 Å². The first-order chi connectivity index (χ1) is 9.19. The van der Waals surface area contributed by atoms with Crippen molar-refractivity contribution in [1.82, 2.24) is 14.7 Å². The van der Waals surface area contributed by atoms with Crippen LogP contribution in [0.2, 0.25) is 0 Å². The largest absolute Gasteiger partial charge is 0.444 e. The van der Waals surface area contributed by atoms with Crippen LogP contribution in [0, 0.1) is 10.1 Å². The zero-order valence-corrected chi connectivity index (χ0v) is 11.6. The van der Waals surface area contributed by atoms with Crippen LogP contribution in [0.3, 0.4) is 0 Å². The van der Waals surface area contributed by atoms with Gasteiger partial charge in [0.2, 0.25) is 5.82 Å². The van der Waals surface area contributed by atoms with E-state index >= 15 is 0 Å². The molecule has 0 atom stereocenters. The van der Waals surface area contributed by atoms with Crippen molar-refractivity contribution in [2.24, 2.45) is 0 Å². The van der Waals surface area contributed by atoms with Crippen LogP contribution < -0.4 is 5.73 Å². The number of nitrogens with zero attached hydrogens (tertiary/aromatic N) is 4. The zero-order chi connectivity index (χ0) is 15.1. The van der Waals surface area contributed by atoms with E-state index in [1.54, 1.807) is 20.8 Å². The van der Waals surface area contributed by atoms with E-state index in [0.717, 1.165) is 6.20 Å². The molecule has 1 aliphatic heterocycles. The normalized spacial score (nSPS) is 15.8. The average molecular weight is 283 g/mol. The number of rotatable bonds is 2. The Morgan fingerprint density at radius 3 is 2.60 bits per heavy atom. The number of ether oxygens (including phenoxy) is 1. The maximum absolute atomic E-state index is 11.8. The Hall–Kier alpha value is -2.32. The van der Waals surface area contributed by atoms with Crippen LogP contribution in [-0.4, -0.2) is 44.4 Å². The molecule has 1 aromatic heterocycles. The number of carbonyl (C=O) groups excluding carboxylic acids is 1. The number of aromatic nitrogens is 2. The van der Waals surface area contributed by atoms with Crippen LogP contribution in [0.15, 0.2) is 6.20 Å². The van der Waals surface area contributed by atoms with Crippen LogP contribution in [0.1, 0.15) is 26.8 Å². The average Bonchev–Trinajstić information content (AvgIpc) is 2.55. The van der Waals surface area contributed by atoms with Gasteiger partial charge in [0.15, 0.2) is 0 Å². The smallest absolute Gasteiger partial charge is 0.410 e. The lowest BCUT2D eigenvalue weighted by Crippen LogP contribution is -2.52. The molecule has 1 amide bonds. The number of nitrogen functional groups attached to an aromatic ring is 1. The molecular formula is C11H17N5O4. The molecule has 0 radical (unpaired) electrons. The van der Waals surface area contributed by atoms with Gasteiger partial charge in [0.25, 0.3) is 0 Å². The van der Waals surface area contributed by atoms with Gasteiger partial charge in [-0.1, -0.05) is 0 Å². The number of hydrogen-bond acceptors (Lipinski definition) is 6. The highest BCUT2D eigenvalue weighted by molar-refractivity contribution is 5.69. The van der Waals surface area contributed by atoms with Crippen LogP contribution >= 0.6 is 0 Å². The molecule has 0 bridgehead atoms. The first kappa shape index (κ1) is 14.1. The molecule has 1 fully saturated rings. The van der Waals surface area contributed by atoms with Gasteiger partial charge in [-0.05, 0) is 20.8 Å². The summed E-state index contributed by atoms with van der Waals surface area (Å²) in [5.41, 5.74) is 4.89. The topological polar surface area (TPSA) is 117 Å². The second-order valence-electron chi connectivity index (χ2n) is 5.66. The van der Waals surface area contributed by atoms with Crippen molar-refractivity contribution in [3.8, 4) is 0 Å². The summed E-state index contributed by atoms with van der Waals surface area (Å²) in [4.78, 5) is 23.4. The first-order valence-electron chi connectivity index (χ1n) is 6.14. The van der Waals surface area contributed by atoms with E-state index in [2.05, 4.69) is 5.10 Å². The third-order valence-corrected chi connectivity index (χ3v) is 2.87. The number of likely N-dealkylation sites (tertiary alicyclic amines) is 1. The molecule has 1 saturated heterocycles. The minimum absolute atomic E-state index is 0.00355. The molecule has 2 rings (SSSR count). The SMILES string of the molecule is CC(C)(C)OC(=O)N1CC(n2ncc([N+](=O)[O-])c2N)C1. The summed E-state index contributed by atoms with van der Waals surface area (Å²) in [7, 11) is 0. The zero-order valence-electron chi connectivity index (χ0n) is 11.6. The molecule has 1 aliphatic rings. The highest BCUT2D eigenvalue weighted by Crippen LogP contribution is 2.29. The summed E-state index contributed by atoms with van der Waals surface area (Å²) in [6, 6.07) is -0.156. The lowest BCUT2D eigenvalue weighted by atomic mass is 10.1. The second kappa shape index (κ2) is 4.66. The van der Waals surface area contributed by atoms with Crippen molar-refractivity contribution in [3.63, 3.8) is 0 Å².